The van der Waals surface area contributed by atoms with Crippen molar-refractivity contribution in [1.29, 1.82) is 0 Å². The van der Waals surface area contributed by atoms with Gasteiger partial charge in [0.15, 0.2) is 3.92 Å². The molecule has 100 valence electrons. The molecule has 1 aliphatic rings. The Morgan fingerprint density at radius 1 is 1.32 bits per heavy atom. The van der Waals surface area contributed by atoms with E-state index in [1.807, 2.05) is 12.1 Å². The van der Waals surface area contributed by atoms with Gasteiger partial charge in [0.1, 0.15) is 5.75 Å². The second-order valence-electron chi connectivity index (χ2n) is 4.54. The van der Waals surface area contributed by atoms with Crippen LogP contribution in [-0.4, -0.2) is 30.4 Å². The topological polar surface area (TPSA) is 38.2 Å². The molecule has 1 saturated heterocycles. The number of methoxy groups -OCH3 is 1. The van der Waals surface area contributed by atoms with Crippen molar-refractivity contribution in [2.24, 2.45) is 0 Å². The van der Waals surface area contributed by atoms with Crippen LogP contribution in [0, 0.1) is 0 Å². The molecule has 1 aromatic carbocycles. The molecule has 3 rings (SSSR count). The van der Waals surface area contributed by atoms with Crippen molar-refractivity contribution in [2.45, 2.75) is 12.3 Å². The molecule has 0 bridgehead atoms. The van der Waals surface area contributed by atoms with E-state index in [9.17, 15) is 0 Å². The van der Waals surface area contributed by atoms with E-state index in [4.69, 9.17) is 4.74 Å². The normalized spacial score (nSPS) is 18.8. The minimum absolute atomic E-state index is 0.564. The zero-order valence-electron chi connectivity index (χ0n) is 10.5. The molecule has 1 aliphatic heterocycles. The van der Waals surface area contributed by atoms with Crippen molar-refractivity contribution in [3.63, 3.8) is 0 Å². The van der Waals surface area contributed by atoms with Crippen LogP contribution in [0.5, 0.6) is 5.75 Å². The molecule has 0 unspecified atom stereocenters. The maximum Gasteiger partial charge on any atom is 0.209 e. The maximum atomic E-state index is 5.19. The number of nitrogens with zero attached hydrogens (tertiary/aromatic N) is 3. The van der Waals surface area contributed by atoms with Gasteiger partial charge in [0, 0.05) is 19.0 Å². The van der Waals surface area contributed by atoms with E-state index in [1.165, 1.54) is 5.56 Å². The lowest BCUT2D eigenvalue weighted by molar-refractivity contribution is 0.414. The summed E-state index contributed by atoms with van der Waals surface area (Å²) in [7, 11) is 1.69. The van der Waals surface area contributed by atoms with Gasteiger partial charge in [0.25, 0.3) is 0 Å². The van der Waals surface area contributed by atoms with Gasteiger partial charge >= 0.3 is 0 Å². The van der Waals surface area contributed by atoms with Crippen molar-refractivity contribution < 1.29 is 4.74 Å². The molecule has 2 aromatic rings. The summed E-state index contributed by atoms with van der Waals surface area (Å²) in [5.74, 6) is 1.47. The second kappa shape index (κ2) is 5.46. The highest BCUT2D eigenvalue weighted by atomic mass is 79.9. The summed E-state index contributed by atoms with van der Waals surface area (Å²) >= 11 is 4.95. The molecule has 1 aromatic heterocycles. The van der Waals surface area contributed by atoms with Gasteiger partial charge in [-0.25, -0.2) is 0 Å². The average Bonchev–Trinajstić information content (AvgIpc) is 3.07. The minimum Gasteiger partial charge on any atom is -0.497 e. The summed E-state index contributed by atoms with van der Waals surface area (Å²) in [5.41, 5.74) is 1.37. The van der Waals surface area contributed by atoms with Crippen LogP contribution in [0.25, 0.3) is 0 Å². The van der Waals surface area contributed by atoms with Crippen LogP contribution in [0.2, 0.25) is 0 Å². The highest BCUT2D eigenvalue weighted by molar-refractivity contribution is 9.11. The number of rotatable bonds is 3. The molecule has 0 aliphatic carbocycles. The van der Waals surface area contributed by atoms with Crippen molar-refractivity contribution in [3.05, 3.63) is 33.7 Å². The van der Waals surface area contributed by atoms with E-state index < -0.39 is 0 Å². The Kier molecular flexibility index (Phi) is 3.70. The molecule has 2 heterocycles. The molecular weight excluding hydrogens is 326 g/mol. The lowest BCUT2D eigenvalue weighted by Gasteiger charge is -2.14. The van der Waals surface area contributed by atoms with E-state index in [-0.39, 0.29) is 0 Å². The van der Waals surface area contributed by atoms with Crippen molar-refractivity contribution in [2.75, 3.05) is 25.1 Å². The third kappa shape index (κ3) is 2.74. The minimum atomic E-state index is 0.564. The molecule has 19 heavy (non-hydrogen) atoms. The smallest absolute Gasteiger partial charge is 0.209 e. The lowest BCUT2D eigenvalue weighted by Crippen LogP contribution is -2.18. The first-order valence-electron chi connectivity index (χ1n) is 6.14. The molecule has 1 atom stereocenters. The fraction of sp³-hybridized carbons (Fsp3) is 0.385. The number of ether oxygens (including phenoxy) is 1. The van der Waals surface area contributed by atoms with Crippen LogP contribution in [0.3, 0.4) is 0 Å². The fourth-order valence-corrected chi connectivity index (χ4v) is 3.53. The molecule has 0 spiro atoms. The molecule has 0 saturated carbocycles. The fourth-order valence-electron chi connectivity index (χ4n) is 2.41. The summed E-state index contributed by atoms with van der Waals surface area (Å²) in [5, 5.41) is 9.19. The Labute approximate surface area is 124 Å². The molecule has 0 radical (unpaired) electrons. The number of hydrogen-bond donors (Lipinski definition) is 0. The molecule has 6 heteroatoms. The van der Waals surface area contributed by atoms with Gasteiger partial charge in [-0.15, -0.1) is 10.2 Å². The maximum absolute atomic E-state index is 5.19. The zero-order valence-corrected chi connectivity index (χ0v) is 12.9. The molecule has 0 amide bonds. The Bertz CT molecular complexity index is 557. The van der Waals surface area contributed by atoms with Gasteiger partial charge in [-0.3, -0.25) is 0 Å². The van der Waals surface area contributed by atoms with E-state index in [0.29, 0.717) is 5.92 Å². The van der Waals surface area contributed by atoms with E-state index in [0.717, 1.165) is 34.3 Å². The first-order valence-corrected chi connectivity index (χ1v) is 7.75. The predicted octanol–water partition coefficient (Wildman–Crippen LogP) is 3.30. The summed E-state index contributed by atoms with van der Waals surface area (Å²) in [4.78, 5) is 2.30. The van der Waals surface area contributed by atoms with Gasteiger partial charge in [0.05, 0.1) is 7.11 Å². The largest absolute Gasteiger partial charge is 0.497 e. The SMILES string of the molecule is COc1ccc([C@@H]2CCN(c3nnc(Br)s3)C2)cc1. The van der Waals surface area contributed by atoms with E-state index in [2.05, 4.69) is 43.2 Å². The van der Waals surface area contributed by atoms with Crippen molar-refractivity contribution >= 4 is 32.4 Å². The Morgan fingerprint density at radius 3 is 2.74 bits per heavy atom. The number of halogens is 1. The third-order valence-electron chi connectivity index (χ3n) is 3.44. The van der Waals surface area contributed by atoms with Gasteiger partial charge < -0.3 is 9.64 Å². The summed E-state index contributed by atoms with van der Waals surface area (Å²) < 4.78 is 6.04. The number of anilines is 1. The number of benzene rings is 1. The lowest BCUT2D eigenvalue weighted by atomic mass is 9.98. The standard InChI is InChI=1S/C13H14BrN3OS/c1-18-11-4-2-9(3-5-11)10-6-7-17(8-10)13-16-15-12(14)19-13/h2-5,10H,6-8H2,1H3/t10-/m1/s1. The van der Waals surface area contributed by atoms with Gasteiger partial charge in [-0.2, -0.15) is 0 Å². The van der Waals surface area contributed by atoms with Crippen molar-refractivity contribution in [3.8, 4) is 5.75 Å². The molecule has 4 nitrogen and oxygen atoms in total. The highest BCUT2D eigenvalue weighted by Gasteiger charge is 2.26. The molecule has 0 N–H and O–H groups in total. The average molecular weight is 340 g/mol. The van der Waals surface area contributed by atoms with Crippen LogP contribution in [-0.2, 0) is 0 Å². The van der Waals surface area contributed by atoms with Gasteiger partial charge in [0.2, 0.25) is 5.13 Å². The predicted molar refractivity (Wildman–Crippen MR) is 80.2 cm³/mol. The summed E-state index contributed by atoms with van der Waals surface area (Å²) in [6, 6.07) is 8.37. The van der Waals surface area contributed by atoms with Crippen LogP contribution in [0.15, 0.2) is 28.2 Å². The first kappa shape index (κ1) is 12.9. The summed E-state index contributed by atoms with van der Waals surface area (Å²) in [6.45, 7) is 2.05. The Hall–Kier alpha value is -1.14. The first-order chi connectivity index (χ1) is 9.26. The van der Waals surface area contributed by atoms with Crippen LogP contribution >= 0.6 is 27.3 Å². The monoisotopic (exact) mass is 339 g/mol. The zero-order chi connectivity index (χ0) is 13.2. The van der Waals surface area contributed by atoms with Crippen LogP contribution < -0.4 is 9.64 Å². The number of hydrogen-bond acceptors (Lipinski definition) is 5. The number of aromatic nitrogens is 2. The van der Waals surface area contributed by atoms with Crippen molar-refractivity contribution in [1.82, 2.24) is 10.2 Å². The molecule has 1 fully saturated rings. The van der Waals surface area contributed by atoms with Crippen LogP contribution in [0.4, 0.5) is 5.13 Å². The second-order valence-corrected chi connectivity index (χ2v) is 6.77. The van der Waals surface area contributed by atoms with Crippen LogP contribution in [0.1, 0.15) is 17.9 Å². The van der Waals surface area contributed by atoms with E-state index in [1.54, 1.807) is 18.4 Å². The quantitative estimate of drug-likeness (QED) is 0.859. The van der Waals surface area contributed by atoms with Gasteiger partial charge in [-0.05, 0) is 40.0 Å². The van der Waals surface area contributed by atoms with Gasteiger partial charge in [-0.1, -0.05) is 23.5 Å². The molecular formula is C13H14BrN3OS. The summed E-state index contributed by atoms with van der Waals surface area (Å²) in [6.07, 6.45) is 1.16. The van der Waals surface area contributed by atoms with E-state index >= 15 is 0 Å². The Balaban J connectivity index is 1.71. The third-order valence-corrected chi connectivity index (χ3v) is 4.85. The highest BCUT2D eigenvalue weighted by Crippen LogP contribution is 2.33. The Morgan fingerprint density at radius 2 is 2.11 bits per heavy atom.